The molecule has 0 aromatic heterocycles. The monoisotopic (exact) mass is 225 g/mol. The Morgan fingerprint density at radius 2 is 2.12 bits per heavy atom. The molecule has 0 aliphatic rings. The van der Waals surface area contributed by atoms with Crippen LogP contribution in [0.5, 0.6) is 0 Å². The Labute approximate surface area is 96.5 Å². The molecule has 0 amide bonds. The Morgan fingerprint density at radius 3 is 2.75 bits per heavy atom. The molecule has 1 rings (SSSR count). The lowest BCUT2D eigenvalue weighted by Gasteiger charge is -2.24. The van der Waals surface area contributed by atoms with Crippen LogP contribution in [0, 0.1) is 12.7 Å². The number of likely N-dealkylation sites (N-methyl/N-ethyl adjacent to an activating group) is 1. The van der Waals surface area contributed by atoms with Crippen LogP contribution in [0.15, 0.2) is 18.2 Å². The van der Waals surface area contributed by atoms with Crippen molar-refractivity contribution in [3.8, 4) is 0 Å². The summed E-state index contributed by atoms with van der Waals surface area (Å²) >= 11 is 0. The quantitative estimate of drug-likeness (QED) is 0.803. The number of benzene rings is 1. The van der Waals surface area contributed by atoms with Crippen LogP contribution in [-0.2, 0) is 6.42 Å². The highest BCUT2D eigenvalue weighted by molar-refractivity contribution is 5.27. The molecule has 1 atom stereocenters. The number of aryl methyl sites for hydroxylation is 1. The Hall–Kier alpha value is -0.930. The fourth-order valence-electron chi connectivity index (χ4n) is 1.70. The van der Waals surface area contributed by atoms with E-state index in [-0.39, 0.29) is 5.82 Å². The third-order valence-corrected chi connectivity index (χ3v) is 2.64. The van der Waals surface area contributed by atoms with Gasteiger partial charge in [0.1, 0.15) is 5.82 Å². The number of halogens is 1. The number of nitrogens with one attached hydrogen (secondary N) is 1. The zero-order chi connectivity index (χ0) is 12.2. The summed E-state index contributed by atoms with van der Waals surface area (Å²) in [5.74, 6) is -0.250. The van der Waals surface area contributed by atoms with Crippen molar-refractivity contribution in [1.82, 2.24) is 5.32 Å². The third kappa shape index (κ3) is 3.91. The minimum atomic E-state index is -0.839. The van der Waals surface area contributed by atoms with Crippen LogP contribution in [0.4, 0.5) is 4.39 Å². The summed E-state index contributed by atoms with van der Waals surface area (Å²) in [4.78, 5) is 0. The lowest BCUT2D eigenvalue weighted by molar-refractivity contribution is 0.0605. The van der Waals surface area contributed by atoms with E-state index in [4.69, 9.17) is 0 Å². The van der Waals surface area contributed by atoms with Gasteiger partial charge in [0.2, 0.25) is 0 Å². The third-order valence-electron chi connectivity index (χ3n) is 2.64. The Balaban J connectivity index is 2.74. The van der Waals surface area contributed by atoms with E-state index in [1.165, 1.54) is 12.1 Å². The standard InChI is InChI=1S/C13H20FNO/c1-4-15-9-13(3,16)8-11-7-12(14)6-5-10(11)2/h5-7,15-16H,4,8-9H2,1-3H3. The second-order valence-corrected chi connectivity index (χ2v) is 4.52. The maximum absolute atomic E-state index is 13.1. The molecule has 0 aliphatic carbocycles. The van der Waals surface area contributed by atoms with Crippen LogP contribution < -0.4 is 5.32 Å². The Bertz CT molecular complexity index is 350. The number of aliphatic hydroxyl groups is 1. The van der Waals surface area contributed by atoms with Crippen molar-refractivity contribution < 1.29 is 9.50 Å². The lowest BCUT2D eigenvalue weighted by atomic mass is 9.93. The van der Waals surface area contributed by atoms with E-state index in [9.17, 15) is 9.50 Å². The zero-order valence-electron chi connectivity index (χ0n) is 10.2. The van der Waals surface area contributed by atoms with Gasteiger partial charge in [-0.1, -0.05) is 13.0 Å². The minimum Gasteiger partial charge on any atom is -0.389 e. The summed E-state index contributed by atoms with van der Waals surface area (Å²) < 4.78 is 13.1. The smallest absolute Gasteiger partial charge is 0.123 e. The van der Waals surface area contributed by atoms with Gasteiger partial charge in [-0.15, -0.1) is 0 Å². The maximum atomic E-state index is 13.1. The normalized spacial score (nSPS) is 14.8. The van der Waals surface area contributed by atoms with E-state index in [1.807, 2.05) is 13.8 Å². The summed E-state index contributed by atoms with van der Waals surface area (Å²) in [5.41, 5.74) is 1.04. The van der Waals surface area contributed by atoms with Gasteiger partial charge in [0.25, 0.3) is 0 Å². The fraction of sp³-hybridized carbons (Fsp3) is 0.538. The van der Waals surface area contributed by atoms with Gasteiger partial charge in [-0.25, -0.2) is 4.39 Å². The molecule has 0 saturated heterocycles. The summed E-state index contributed by atoms with van der Waals surface area (Å²) in [6.07, 6.45) is 0.462. The number of hydrogen-bond acceptors (Lipinski definition) is 2. The molecule has 0 heterocycles. The average Bonchev–Trinajstić information content (AvgIpc) is 2.20. The van der Waals surface area contributed by atoms with Crippen molar-refractivity contribution in [1.29, 1.82) is 0 Å². The van der Waals surface area contributed by atoms with Crippen LogP contribution in [0.2, 0.25) is 0 Å². The number of rotatable bonds is 5. The van der Waals surface area contributed by atoms with Crippen LogP contribution in [0.25, 0.3) is 0 Å². The predicted molar refractivity (Wildman–Crippen MR) is 64.0 cm³/mol. The fourth-order valence-corrected chi connectivity index (χ4v) is 1.70. The molecular formula is C13H20FNO. The van der Waals surface area contributed by atoms with Crippen molar-refractivity contribution in [2.45, 2.75) is 32.8 Å². The molecule has 0 spiro atoms. The summed E-state index contributed by atoms with van der Waals surface area (Å²) in [7, 11) is 0. The van der Waals surface area contributed by atoms with E-state index in [1.54, 1.807) is 13.0 Å². The zero-order valence-corrected chi connectivity index (χ0v) is 10.2. The molecular weight excluding hydrogens is 205 g/mol. The van der Waals surface area contributed by atoms with Gasteiger partial charge in [0.15, 0.2) is 0 Å². The maximum Gasteiger partial charge on any atom is 0.123 e. The highest BCUT2D eigenvalue weighted by Crippen LogP contribution is 2.17. The summed E-state index contributed by atoms with van der Waals surface area (Å²) in [6, 6.07) is 4.68. The lowest BCUT2D eigenvalue weighted by Crippen LogP contribution is -2.39. The van der Waals surface area contributed by atoms with Gasteiger partial charge >= 0.3 is 0 Å². The molecule has 90 valence electrons. The van der Waals surface area contributed by atoms with E-state index >= 15 is 0 Å². The Kier molecular flexibility index (Phi) is 4.44. The second kappa shape index (κ2) is 5.41. The topological polar surface area (TPSA) is 32.3 Å². The van der Waals surface area contributed by atoms with Crippen LogP contribution >= 0.6 is 0 Å². The molecule has 0 bridgehead atoms. The molecule has 0 fully saturated rings. The first-order chi connectivity index (χ1) is 7.44. The van der Waals surface area contributed by atoms with Crippen molar-refractivity contribution >= 4 is 0 Å². The van der Waals surface area contributed by atoms with Gasteiger partial charge in [0.05, 0.1) is 5.60 Å². The average molecular weight is 225 g/mol. The molecule has 1 aromatic rings. The van der Waals surface area contributed by atoms with E-state index in [0.29, 0.717) is 13.0 Å². The van der Waals surface area contributed by atoms with Crippen molar-refractivity contribution in [2.75, 3.05) is 13.1 Å². The molecule has 0 saturated carbocycles. The molecule has 0 radical (unpaired) electrons. The largest absolute Gasteiger partial charge is 0.389 e. The Morgan fingerprint density at radius 1 is 1.44 bits per heavy atom. The van der Waals surface area contributed by atoms with Gasteiger partial charge in [-0.05, 0) is 43.7 Å². The second-order valence-electron chi connectivity index (χ2n) is 4.52. The summed E-state index contributed by atoms with van der Waals surface area (Å²) in [5, 5.41) is 13.2. The van der Waals surface area contributed by atoms with Crippen molar-refractivity contribution in [2.24, 2.45) is 0 Å². The van der Waals surface area contributed by atoms with Gasteiger partial charge in [-0.2, -0.15) is 0 Å². The molecule has 2 N–H and O–H groups in total. The van der Waals surface area contributed by atoms with E-state index in [0.717, 1.165) is 17.7 Å². The molecule has 1 unspecified atom stereocenters. The first-order valence-electron chi connectivity index (χ1n) is 5.63. The van der Waals surface area contributed by atoms with Gasteiger partial charge in [0, 0.05) is 13.0 Å². The predicted octanol–water partition coefficient (Wildman–Crippen LogP) is 2.04. The van der Waals surface area contributed by atoms with Crippen molar-refractivity contribution in [3.05, 3.63) is 35.1 Å². The highest BCUT2D eigenvalue weighted by atomic mass is 19.1. The van der Waals surface area contributed by atoms with Crippen LogP contribution in [0.1, 0.15) is 25.0 Å². The number of hydrogen-bond donors (Lipinski definition) is 2. The minimum absolute atomic E-state index is 0.250. The highest BCUT2D eigenvalue weighted by Gasteiger charge is 2.21. The van der Waals surface area contributed by atoms with Crippen LogP contribution in [-0.4, -0.2) is 23.8 Å². The molecule has 1 aromatic carbocycles. The first-order valence-corrected chi connectivity index (χ1v) is 5.63. The molecule has 0 aliphatic heterocycles. The molecule has 3 heteroatoms. The van der Waals surface area contributed by atoms with Crippen LogP contribution in [0.3, 0.4) is 0 Å². The molecule has 2 nitrogen and oxygen atoms in total. The van der Waals surface area contributed by atoms with Crippen molar-refractivity contribution in [3.63, 3.8) is 0 Å². The summed E-state index contributed by atoms with van der Waals surface area (Å²) in [6.45, 7) is 7.01. The SMILES string of the molecule is CCNCC(C)(O)Cc1cc(F)ccc1C. The first kappa shape index (κ1) is 13.1. The molecule has 16 heavy (non-hydrogen) atoms. The van der Waals surface area contributed by atoms with Gasteiger partial charge < -0.3 is 10.4 Å². The van der Waals surface area contributed by atoms with E-state index < -0.39 is 5.60 Å². The van der Waals surface area contributed by atoms with Gasteiger partial charge in [-0.3, -0.25) is 0 Å². The van der Waals surface area contributed by atoms with E-state index in [2.05, 4.69) is 5.32 Å².